The number of benzene rings is 3. The highest BCUT2D eigenvalue weighted by Gasteiger charge is 2.18. The quantitative estimate of drug-likeness (QED) is 0.483. The van der Waals surface area contributed by atoms with Crippen LogP contribution in [0.25, 0.3) is 0 Å². The van der Waals surface area contributed by atoms with Crippen LogP contribution in [0.4, 0.5) is 10.1 Å². The maximum absolute atomic E-state index is 13.8. The van der Waals surface area contributed by atoms with Crippen molar-refractivity contribution in [3.8, 4) is 0 Å². The average molecular weight is 445 g/mol. The minimum atomic E-state index is -4.03. The van der Waals surface area contributed by atoms with E-state index in [0.29, 0.717) is 6.54 Å². The van der Waals surface area contributed by atoms with Gasteiger partial charge < -0.3 is 5.32 Å². The van der Waals surface area contributed by atoms with Crippen molar-refractivity contribution in [2.45, 2.75) is 10.6 Å². The lowest BCUT2D eigenvalue weighted by Gasteiger charge is -2.10. The third kappa shape index (κ3) is 6.08. The van der Waals surface area contributed by atoms with Gasteiger partial charge in [-0.25, -0.2) is 12.8 Å². The lowest BCUT2D eigenvalue weighted by molar-refractivity contribution is 0.0956. The third-order valence-corrected chi connectivity index (χ3v) is 6.56. The van der Waals surface area contributed by atoms with E-state index in [9.17, 15) is 17.6 Å². The lowest BCUT2D eigenvalue weighted by atomic mass is 10.2. The van der Waals surface area contributed by atoms with Crippen molar-refractivity contribution in [2.24, 2.45) is 0 Å². The molecule has 1 amide bonds. The SMILES string of the molecule is O=C(NCCSCc1ccccc1)c1cccc(S(=O)(=O)Nc2ccccc2F)c1. The van der Waals surface area contributed by atoms with E-state index in [4.69, 9.17) is 0 Å². The van der Waals surface area contributed by atoms with Gasteiger partial charge in [0.15, 0.2) is 0 Å². The standard InChI is InChI=1S/C22H21FN2O3S2/c23-20-11-4-5-12-21(20)25-30(27,28)19-10-6-9-18(15-19)22(26)24-13-14-29-16-17-7-2-1-3-8-17/h1-12,15,25H,13-14,16H2,(H,24,26). The third-order valence-electron chi connectivity index (χ3n) is 4.17. The van der Waals surface area contributed by atoms with E-state index in [1.54, 1.807) is 11.8 Å². The zero-order chi connectivity index (χ0) is 21.4. The van der Waals surface area contributed by atoms with Crippen molar-refractivity contribution < 1.29 is 17.6 Å². The number of hydrogen-bond acceptors (Lipinski definition) is 4. The molecule has 0 heterocycles. The Labute approximate surface area is 179 Å². The van der Waals surface area contributed by atoms with Crippen LogP contribution in [0.1, 0.15) is 15.9 Å². The Bertz CT molecular complexity index is 1110. The second kappa shape index (κ2) is 10.3. The number of sulfonamides is 1. The molecule has 0 aliphatic heterocycles. The molecule has 156 valence electrons. The molecule has 8 heteroatoms. The number of amides is 1. The molecule has 0 spiro atoms. The Morgan fingerprint density at radius 3 is 2.43 bits per heavy atom. The first-order chi connectivity index (χ1) is 14.5. The molecule has 30 heavy (non-hydrogen) atoms. The van der Waals surface area contributed by atoms with Gasteiger partial charge in [-0.2, -0.15) is 11.8 Å². The van der Waals surface area contributed by atoms with Gasteiger partial charge in [-0.1, -0.05) is 48.5 Å². The van der Waals surface area contributed by atoms with E-state index in [2.05, 4.69) is 10.0 Å². The van der Waals surface area contributed by atoms with Crippen LogP contribution >= 0.6 is 11.8 Å². The Balaban J connectivity index is 1.56. The Morgan fingerprint density at radius 1 is 0.933 bits per heavy atom. The maximum Gasteiger partial charge on any atom is 0.262 e. The molecule has 0 saturated carbocycles. The molecular weight excluding hydrogens is 423 g/mol. The summed E-state index contributed by atoms with van der Waals surface area (Å²) in [4.78, 5) is 12.3. The number of carbonyl (C=O) groups excluding carboxylic acids is 1. The first-order valence-electron chi connectivity index (χ1n) is 9.23. The first kappa shape index (κ1) is 21.9. The smallest absolute Gasteiger partial charge is 0.262 e. The summed E-state index contributed by atoms with van der Waals surface area (Å²) in [7, 11) is -4.03. The minimum absolute atomic E-state index is 0.114. The number of rotatable bonds is 9. The number of carbonyl (C=O) groups is 1. The van der Waals surface area contributed by atoms with Crippen LogP contribution in [0.2, 0.25) is 0 Å². The molecule has 3 aromatic rings. The number of nitrogens with one attached hydrogen (secondary N) is 2. The molecule has 2 N–H and O–H groups in total. The van der Waals surface area contributed by atoms with Gasteiger partial charge in [0, 0.05) is 23.6 Å². The van der Waals surface area contributed by atoms with E-state index in [1.807, 2.05) is 30.3 Å². The summed E-state index contributed by atoms with van der Waals surface area (Å²) in [5, 5.41) is 2.79. The highest BCUT2D eigenvalue weighted by molar-refractivity contribution is 7.98. The van der Waals surface area contributed by atoms with Crippen LogP contribution in [0.3, 0.4) is 0 Å². The molecule has 0 aliphatic carbocycles. The van der Waals surface area contributed by atoms with E-state index >= 15 is 0 Å². The second-order valence-electron chi connectivity index (χ2n) is 6.41. The topological polar surface area (TPSA) is 75.3 Å². The molecule has 0 aromatic heterocycles. The maximum atomic E-state index is 13.8. The van der Waals surface area contributed by atoms with Crippen LogP contribution < -0.4 is 10.0 Å². The molecule has 0 atom stereocenters. The average Bonchev–Trinajstić information content (AvgIpc) is 2.76. The van der Waals surface area contributed by atoms with Gasteiger partial charge in [0.2, 0.25) is 0 Å². The number of para-hydroxylation sites is 1. The van der Waals surface area contributed by atoms with Gasteiger partial charge >= 0.3 is 0 Å². The fourth-order valence-electron chi connectivity index (χ4n) is 2.66. The highest BCUT2D eigenvalue weighted by Crippen LogP contribution is 2.19. The summed E-state index contributed by atoms with van der Waals surface area (Å²) < 4.78 is 41.1. The first-order valence-corrected chi connectivity index (χ1v) is 11.9. The van der Waals surface area contributed by atoms with Crippen molar-refractivity contribution in [1.82, 2.24) is 5.32 Å². The molecule has 0 fully saturated rings. The lowest BCUT2D eigenvalue weighted by Crippen LogP contribution is -2.26. The van der Waals surface area contributed by atoms with Gasteiger partial charge in [0.25, 0.3) is 15.9 Å². The zero-order valence-corrected chi connectivity index (χ0v) is 17.7. The summed E-state index contributed by atoms with van der Waals surface area (Å²) in [5.74, 6) is 0.542. The highest BCUT2D eigenvalue weighted by atomic mass is 32.2. The number of halogens is 1. The fourth-order valence-corrected chi connectivity index (χ4v) is 4.59. The molecule has 0 bridgehead atoms. The summed E-state index contributed by atoms with van der Waals surface area (Å²) >= 11 is 1.70. The predicted molar refractivity (Wildman–Crippen MR) is 119 cm³/mol. The van der Waals surface area contributed by atoms with E-state index in [0.717, 1.165) is 17.6 Å². The minimum Gasteiger partial charge on any atom is -0.351 e. The van der Waals surface area contributed by atoms with Crippen molar-refractivity contribution >= 4 is 33.4 Å². The molecular formula is C22H21FN2O3S2. The van der Waals surface area contributed by atoms with Crippen LogP contribution in [-0.4, -0.2) is 26.6 Å². The van der Waals surface area contributed by atoms with Crippen LogP contribution in [-0.2, 0) is 15.8 Å². The predicted octanol–water partition coefficient (Wildman–Crippen LogP) is 4.29. The number of hydrogen-bond donors (Lipinski definition) is 2. The molecule has 0 unspecified atom stereocenters. The van der Waals surface area contributed by atoms with Gasteiger partial charge in [0.05, 0.1) is 10.6 Å². The molecule has 3 rings (SSSR count). The van der Waals surface area contributed by atoms with Crippen molar-refractivity contribution in [3.05, 3.63) is 95.8 Å². The Kier molecular flexibility index (Phi) is 7.48. The molecule has 5 nitrogen and oxygen atoms in total. The van der Waals surface area contributed by atoms with Gasteiger partial charge in [-0.3, -0.25) is 9.52 Å². The van der Waals surface area contributed by atoms with Crippen LogP contribution in [0.15, 0.2) is 83.8 Å². The second-order valence-corrected chi connectivity index (χ2v) is 9.19. The molecule has 0 aliphatic rings. The summed E-state index contributed by atoms with van der Waals surface area (Å²) in [5.41, 5.74) is 1.29. The molecule has 3 aromatic carbocycles. The van der Waals surface area contributed by atoms with Gasteiger partial charge in [-0.05, 0) is 35.9 Å². The van der Waals surface area contributed by atoms with Crippen molar-refractivity contribution in [3.63, 3.8) is 0 Å². The summed E-state index contributed by atoms with van der Waals surface area (Å²) in [6.45, 7) is 0.459. The van der Waals surface area contributed by atoms with Crippen molar-refractivity contribution in [2.75, 3.05) is 17.0 Å². The molecule has 0 saturated heterocycles. The number of thioether (sulfide) groups is 1. The summed E-state index contributed by atoms with van der Waals surface area (Å²) in [6, 6.07) is 21.2. The monoisotopic (exact) mass is 444 g/mol. The fraction of sp³-hybridized carbons (Fsp3) is 0.136. The van der Waals surface area contributed by atoms with E-state index < -0.39 is 15.8 Å². The van der Waals surface area contributed by atoms with Crippen molar-refractivity contribution in [1.29, 1.82) is 0 Å². The Morgan fingerprint density at radius 2 is 1.67 bits per heavy atom. The largest absolute Gasteiger partial charge is 0.351 e. The molecule has 0 radical (unpaired) electrons. The van der Waals surface area contributed by atoms with Gasteiger partial charge in [-0.15, -0.1) is 0 Å². The summed E-state index contributed by atoms with van der Waals surface area (Å²) in [6.07, 6.45) is 0. The Hall–Kier alpha value is -2.84. The normalized spacial score (nSPS) is 11.1. The number of anilines is 1. The van der Waals surface area contributed by atoms with E-state index in [1.165, 1.54) is 48.0 Å². The zero-order valence-electron chi connectivity index (χ0n) is 16.0. The van der Waals surface area contributed by atoms with Crippen LogP contribution in [0, 0.1) is 5.82 Å². The van der Waals surface area contributed by atoms with Gasteiger partial charge in [0.1, 0.15) is 5.82 Å². The van der Waals surface area contributed by atoms with Crippen LogP contribution in [0.5, 0.6) is 0 Å². The van der Waals surface area contributed by atoms with E-state index in [-0.39, 0.29) is 22.1 Å².